The molecule has 0 aliphatic heterocycles. The molecule has 0 fully saturated rings. The zero-order chi connectivity index (χ0) is 9.56. The molecule has 0 rings (SSSR count). The van der Waals surface area contributed by atoms with Crippen molar-refractivity contribution in [1.82, 2.24) is 4.90 Å². The molecule has 0 N–H and O–H groups in total. The van der Waals surface area contributed by atoms with Gasteiger partial charge in [-0.05, 0) is 13.2 Å². The van der Waals surface area contributed by atoms with Gasteiger partial charge >= 0.3 is 0 Å². The predicted octanol–water partition coefficient (Wildman–Crippen LogP) is 1.69. The van der Waals surface area contributed by atoms with Crippen molar-refractivity contribution in [3.63, 3.8) is 0 Å². The number of thioether (sulfide) groups is 1. The third kappa shape index (κ3) is 4.04. The molecule has 0 amide bonds. The first-order valence-corrected chi connectivity index (χ1v) is 4.70. The molecular weight excluding hydrogens is 170 g/mol. The first-order valence-electron chi connectivity index (χ1n) is 3.48. The highest BCUT2D eigenvalue weighted by Crippen LogP contribution is 2.04. The van der Waals surface area contributed by atoms with Gasteiger partial charge in [-0.25, -0.2) is 0 Å². The maximum absolute atomic E-state index is 8.35. The Morgan fingerprint density at radius 1 is 1.75 bits per heavy atom. The highest BCUT2D eigenvalue weighted by Gasteiger charge is 2.03. The fourth-order valence-electron chi connectivity index (χ4n) is 0.802. The van der Waals surface area contributed by atoms with Gasteiger partial charge in [-0.1, -0.05) is 23.9 Å². The molecule has 0 aromatic carbocycles. The van der Waals surface area contributed by atoms with Crippen LogP contribution in [0.4, 0.5) is 0 Å². The maximum atomic E-state index is 8.35. The summed E-state index contributed by atoms with van der Waals surface area (Å²) < 4.78 is 0. The molecule has 0 aromatic rings. The normalized spacial score (nSPS) is 10.7. The summed E-state index contributed by atoms with van der Waals surface area (Å²) in [5, 5.41) is 9.07. The molecule has 66 valence electrons. The molecule has 0 spiro atoms. The van der Waals surface area contributed by atoms with Crippen LogP contribution in [0, 0.1) is 11.5 Å². The van der Waals surface area contributed by atoms with E-state index in [4.69, 9.17) is 5.26 Å². The smallest absolute Gasteiger partial charge is 0.208 e. The fraction of sp³-hybridized carbons (Fsp3) is 0.500. The minimum Gasteiger partial charge on any atom is -0.350 e. The standard InChI is InChI=1S/C8H13N3S/c1-7(2)5-11(3)8(12-4)10-6-9/h1,5H2,2-4H3. The van der Waals surface area contributed by atoms with Crippen molar-refractivity contribution in [2.75, 3.05) is 19.8 Å². The van der Waals surface area contributed by atoms with Crippen LogP contribution < -0.4 is 0 Å². The molecule has 0 aromatic heterocycles. The van der Waals surface area contributed by atoms with Crippen LogP contribution in [0.2, 0.25) is 0 Å². The second kappa shape index (κ2) is 5.67. The van der Waals surface area contributed by atoms with Crippen LogP contribution in [0.15, 0.2) is 17.1 Å². The Labute approximate surface area is 77.8 Å². The number of rotatable bonds is 2. The van der Waals surface area contributed by atoms with Crippen LogP contribution in [-0.4, -0.2) is 29.9 Å². The van der Waals surface area contributed by atoms with Gasteiger partial charge in [0.25, 0.3) is 0 Å². The van der Waals surface area contributed by atoms with Gasteiger partial charge in [-0.15, -0.1) is 4.99 Å². The monoisotopic (exact) mass is 183 g/mol. The number of amidine groups is 1. The summed E-state index contributed by atoms with van der Waals surface area (Å²) in [5.41, 5.74) is 1.05. The largest absolute Gasteiger partial charge is 0.350 e. The summed E-state index contributed by atoms with van der Waals surface area (Å²) >= 11 is 1.46. The van der Waals surface area contributed by atoms with E-state index >= 15 is 0 Å². The van der Waals surface area contributed by atoms with Gasteiger partial charge in [-0.3, -0.25) is 0 Å². The van der Waals surface area contributed by atoms with E-state index in [1.165, 1.54) is 11.8 Å². The molecule has 0 radical (unpaired) electrons. The fourth-order valence-corrected chi connectivity index (χ4v) is 1.31. The highest BCUT2D eigenvalue weighted by atomic mass is 32.2. The second-order valence-corrected chi connectivity index (χ2v) is 3.29. The van der Waals surface area contributed by atoms with E-state index in [1.807, 2.05) is 25.1 Å². The molecule has 0 heterocycles. The number of aliphatic imine (C=N–C) groups is 1. The first kappa shape index (κ1) is 11.1. The molecular formula is C8H13N3S. The zero-order valence-corrected chi connectivity index (χ0v) is 8.48. The molecule has 0 saturated carbocycles. The van der Waals surface area contributed by atoms with Crippen molar-refractivity contribution >= 4 is 16.9 Å². The molecule has 12 heavy (non-hydrogen) atoms. The van der Waals surface area contributed by atoms with Crippen molar-refractivity contribution in [1.29, 1.82) is 5.26 Å². The summed E-state index contributed by atoms with van der Waals surface area (Å²) in [6, 6.07) is 0. The highest BCUT2D eigenvalue weighted by molar-refractivity contribution is 8.13. The number of hydrogen-bond donors (Lipinski definition) is 0. The van der Waals surface area contributed by atoms with Gasteiger partial charge in [0.1, 0.15) is 0 Å². The molecule has 0 unspecified atom stereocenters. The SMILES string of the molecule is C=C(C)CN(C)C(=NC#N)SC. The van der Waals surface area contributed by atoms with Crippen LogP contribution in [0.1, 0.15) is 6.92 Å². The molecule has 0 atom stereocenters. The van der Waals surface area contributed by atoms with E-state index in [2.05, 4.69) is 11.6 Å². The molecule has 3 nitrogen and oxygen atoms in total. The maximum Gasteiger partial charge on any atom is 0.208 e. The average molecular weight is 183 g/mol. The van der Waals surface area contributed by atoms with Crippen LogP contribution in [0.5, 0.6) is 0 Å². The van der Waals surface area contributed by atoms with Crippen molar-refractivity contribution in [3.05, 3.63) is 12.2 Å². The van der Waals surface area contributed by atoms with E-state index in [0.29, 0.717) is 0 Å². The minimum absolute atomic E-state index is 0.723. The lowest BCUT2D eigenvalue weighted by Crippen LogP contribution is -2.25. The summed E-state index contributed by atoms with van der Waals surface area (Å²) in [6.45, 7) is 6.47. The number of likely N-dealkylation sites (N-methyl/N-ethyl adjacent to an activating group) is 1. The van der Waals surface area contributed by atoms with Gasteiger partial charge < -0.3 is 4.90 Å². The molecule has 0 aliphatic rings. The quantitative estimate of drug-likeness (QED) is 0.283. The lowest BCUT2D eigenvalue weighted by molar-refractivity contribution is 0.561. The topological polar surface area (TPSA) is 39.4 Å². The molecule has 4 heteroatoms. The van der Waals surface area contributed by atoms with Gasteiger partial charge in [-0.2, -0.15) is 5.26 Å². The third-order valence-electron chi connectivity index (χ3n) is 1.16. The van der Waals surface area contributed by atoms with Crippen LogP contribution in [-0.2, 0) is 0 Å². The van der Waals surface area contributed by atoms with Crippen molar-refractivity contribution in [3.8, 4) is 6.19 Å². The van der Waals surface area contributed by atoms with E-state index in [-0.39, 0.29) is 0 Å². The van der Waals surface area contributed by atoms with Crippen LogP contribution >= 0.6 is 11.8 Å². The van der Waals surface area contributed by atoms with Gasteiger partial charge in [0.2, 0.25) is 6.19 Å². The lowest BCUT2D eigenvalue weighted by Gasteiger charge is -2.18. The average Bonchev–Trinajstić information content (AvgIpc) is 1.98. The van der Waals surface area contributed by atoms with Gasteiger partial charge in [0, 0.05) is 13.6 Å². The molecule has 0 aliphatic carbocycles. The van der Waals surface area contributed by atoms with Crippen LogP contribution in [0.25, 0.3) is 0 Å². The van der Waals surface area contributed by atoms with Gasteiger partial charge in [0.15, 0.2) is 5.17 Å². The second-order valence-electron chi connectivity index (χ2n) is 2.51. The number of hydrogen-bond acceptors (Lipinski definition) is 3. The summed E-state index contributed by atoms with van der Waals surface area (Å²) in [5.74, 6) is 0. The summed E-state index contributed by atoms with van der Waals surface area (Å²) in [6.07, 6.45) is 3.66. The Morgan fingerprint density at radius 3 is 2.67 bits per heavy atom. The Morgan fingerprint density at radius 2 is 2.33 bits per heavy atom. The number of nitriles is 1. The van der Waals surface area contributed by atoms with Gasteiger partial charge in [0.05, 0.1) is 0 Å². The first-order chi connectivity index (χ1) is 5.61. The Bertz CT molecular complexity index is 227. The summed E-state index contributed by atoms with van der Waals surface area (Å²) in [7, 11) is 1.89. The van der Waals surface area contributed by atoms with Crippen molar-refractivity contribution in [2.24, 2.45) is 4.99 Å². The molecule has 0 saturated heterocycles. The Hall–Kier alpha value is -0.950. The molecule has 0 bridgehead atoms. The zero-order valence-electron chi connectivity index (χ0n) is 7.66. The van der Waals surface area contributed by atoms with E-state index in [0.717, 1.165) is 17.3 Å². The van der Waals surface area contributed by atoms with E-state index < -0.39 is 0 Å². The number of nitrogens with zero attached hydrogens (tertiary/aromatic N) is 3. The Kier molecular flexibility index (Phi) is 5.22. The summed E-state index contributed by atoms with van der Waals surface area (Å²) in [4.78, 5) is 5.56. The van der Waals surface area contributed by atoms with E-state index in [1.54, 1.807) is 6.19 Å². The lowest BCUT2D eigenvalue weighted by atomic mass is 10.3. The Balaban J connectivity index is 4.24. The van der Waals surface area contributed by atoms with Crippen molar-refractivity contribution < 1.29 is 0 Å². The third-order valence-corrected chi connectivity index (χ3v) is 1.93. The van der Waals surface area contributed by atoms with Crippen LogP contribution in [0.3, 0.4) is 0 Å². The predicted molar refractivity (Wildman–Crippen MR) is 54.0 cm³/mol. The minimum atomic E-state index is 0.723. The van der Waals surface area contributed by atoms with E-state index in [9.17, 15) is 0 Å². The van der Waals surface area contributed by atoms with Crippen molar-refractivity contribution in [2.45, 2.75) is 6.92 Å².